The average molecular weight is 563 g/mol. The molecular weight excluding hydrogens is 540 g/mol. The second-order valence-corrected chi connectivity index (χ2v) is 9.13. The largest absolute Gasteiger partial charge is 0.324 e. The number of amides is 2. The third-order valence-electron chi connectivity index (χ3n) is 6.34. The molecule has 0 spiro atoms. The van der Waals surface area contributed by atoms with E-state index in [1.807, 2.05) is 60.7 Å². The Hall–Kier alpha value is -6.04. The van der Waals surface area contributed by atoms with Crippen LogP contribution in [0.25, 0.3) is 0 Å². The molecule has 0 saturated carbocycles. The number of hydrogen-bond donors (Lipinski definition) is 2. The first kappa shape index (κ1) is 27.5. The Morgan fingerprint density at radius 2 is 0.952 bits per heavy atom. The number of anilines is 2. The van der Waals surface area contributed by atoms with E-state index in [-0.39, 0.29) is 36.3 Å². The second kappa shape index (κ2) is 12.0. The van der Waals surface area contributed by atoms with Crippen LogP contribution in [0.5, 0.6) is 0 Å². The molecule has 0 saturated heterocycles. The zero-order valence-corrected chi connectivity index (χ0v) is 21.9. The van der Waals surface area contributed by atoms with E-state index in [4.69, 9.17) is 0 Å². The molecule has 4 aromatic rings. The molecule has 42 heavy (non-hydrogen) atoms. The Labute approximate surface area is 238 Å². The summed E-state index contributed by atoms with van der Waals surface area (Å²) in [6.45, 7) is -0.0145. The van der Waals surface area contributed by atoms with Gasteiger partial charge in [0.15, 0.2) is 0 Å². The Balaban J connectivity index is 0.000000168. The van der Waals surface area contributed by atoms with Crippen molar-refractivity contribution in [2.75, 3.05) is 23.7 Å². The van der Waals surface area contributed by atoms with Crippen molar-refractivity contribution in [3.8, 4) is 0 Å². The molecule has 2 aliphatic rings. The van der Waals surface area contributed by atoms with Crippen molar-refractivity contribution in [2.24, 2.45) is 9.98 Å². The van der Waals surface area contributed by atoms with Crippen molar-refractivity contribution in [2.45, 2.75) is 0 Å². The SMILES string of the molecule is O=C1CN=C(c2ccccc2)c2cc([N+](=O)[O-])ccc2N1.O=C1CN=C(c2ccccc2)c2cc([N+](=O)[O-])ccc2N1. The molecule has 2 amide bonds. The molecule has 12 heteroatoms. The normalized spacial score (nSPS) is 13.7. The van der Waals surface area contributed by atoms with Gasteiger partial charge in [-0.15, -0.1) is 0 Å². The molecule has 0 aromatic heterocycles. The highest BCUT2D eigenvalue weighted by molar-refractivity contribution is 6.20. The van der Waals surface area contributed by atoms with E-state index < -0.39 is 9.85 Å². The van der Waals surface area contributed by atoms with E-state index in [1.165, 1.54) is 36.4 Å². The number of fused-ring (bicyclic) bond motifs is 2. The van der Waals surface area contributed by atoms with E-state index >= 15 is 0 Å². The standard InChI is InChI=1S/2C15H11N3O3/c2*19-14-9-16-15(10-4-2-1-3-5-10)12-8-11(18(20)21)6-7-13(12)17-14/h2*1-8H,9H2,(H,17,19). The molecule has 0 radical (unpaired) electrons. The highest BCUT2D eigenvalue weighted by atomic mass is 16.6. The molecule has 208 valence electrons. The van der Waals surface area contributed by atoms with Crippen LogP contribution in [-0.4, -0.2) is 46.2 Å². The summed E-state index contributed by atoms with van der Waals surface area (Å²) < 4.78 is 0. The minimum atomic E-state index is -0.463. The van der Waals surface area contributed by atoms with Crippen LogP contribution >= 0.6 is 0 Å². The number of nitrogens with zero attached hydrogens (tertiary/aromatic N) is 4. The Morgan fingerprint density at radius 1 is 0.571 bits per heavy atom. The van der Waals surface area contributed by atoms with Gasteiger partial charge in [-0.3, -0.25) is 39.8 Å². The Morgan fingerprint density at radius 3 is 1.31 bits per heavy atom. The summed E-state index contributed by atoms with van der Waals surface area (Å²) >= 11 is 0. The number of benzodiazepines with no additional fused rings is 2. The zero-order chi connectivity index (χ0) is 29.6. The number of hydrogen-bond acceptors (Lipinski definition) is 8. The van der Waals surface area contributed by atoms with Gasteiger partial charge in [0.25, 0.3) is 11.4 Å². The molecule has 2 N–H and O–H groups in total. The topological polar surface area (TPSA) is 169 Å². The maximum atomic E-state index is 11.7. The van der Waals surface area contributed by atoms with Gasteiger partial charge in [-0.05, 0) is 12.1 Å². The molecule has 0 atom stereocenters. The molecule has 12 nitrogen and oxygen atoms in total. The molecule has 0 unspecified atom stereocenters. The van der Waals surface area contributed by atoms with Crippen LogP contribution in [-0.2, 0) is 9.59 Å². The van der Waals surface area contributed by atoms with Crippen molar-refractivity contribution >= 4 is 46.0 Å². The number of non-ortho nitro benzene ring substituents is 2. The lowest BCUT2D eigenvalue weighted by Gasteiger charge is -2.09. The van der Waals surface area contributed by atoms with E-state index in [9.17, 15) is 29.8 Å². The fraction of sp³-hybridized carbons (Fsp3) is 0.0667. The first-order valence-electron chi connectivity index (χ1n) is 12.7. The first-order valence-corrected chi connectivity index (χ1v) is 12.7. The third kappa shape index (κ3) is 6.07. The number of benzene rings is 4. The number of aliphatic imine (C=N–C) groups is 2. The summed E-state index contributed by atoms with van der Waals surface area (Å²) in [7, 11) is 0. The maximum absolute atomic E-state index is 11.7. The van der Waals surface area contributed by atoms with Crippen LogP contribution in [0.2, 0.25) is 0 Å². The summed E-state index contributed by atoms with van der Waals surface area (Å²) in [5, 5.41) is 27.3. The molecule has 0 bridgehead atoms. The summed E-state index contributed by atoms with van der Waals surface area (Å²) in [5.74, 6) is -0.480. The van der Waals surface area contributed by atoms with Crippen LogP contribution < -0.4 is 10.6 Å². The minimum absolute atomic E-state index is 0.00724. The van der Waals surface area contributed by atoms with Gasteiger partial charge in [0.05, 0.1) is 32.6 Å². The first-order chi connectivity index (χ1) is 20.3. The van der Waals surface area contributed by atoms with E-state index in [0.717, 1.165) is 11.1 Å². The van der Waals surface area contributed by atoms with Gasteiger partial charge in [-0.1, -0.05) is 60.7 Å². The van der Waals surface area contributed by atoms with Crippen molar-refractivity contribution < 1.29 is 19.4 Å². The van der Waals surface area contributed by atoms with Crippen LogP contribution in [0, 0.1) is 20.2 Å². The van der Waals surface area contributed by atoms with Crippen molar-refractivity contribution in [1.82, 2.24) is 0 Å². The minimum Gasteiger partial charge on any atom is -0.324 e. The number of nitro groups is 2. The fourth-order valence-electron chi connectivity index (χ4n) is 4.44. The zero-order valence-electron chi connectivity index (χ0n) is 21.9. The summed E-state index contributed by atoms with van der Waals surface area (Å²) in [6, 6.07) is 27.3. The predicted octanol–water partition coefficient (Wildman–Crippen LogP) is 4.77. The van der Waals surface area contributed by atoms with E-state index in [1.54, 1.807) is 0 Å². The lowest BCUT2D eigenvalue weighted by molar-refractivity contribution is -0.385. The monoisotopic (exact) mass is 562 g/mol. The summed E-state index contributed by atoms with van der Waals surface area (Å²) in [5.41, 5.74) is 4.90. The van der Waals surface area contributed by atoms with Gasteiger partial charge < -0.3 is 10.6 Å². The fourth-order valence-corrected chi connectivity index (χ4v) is 4.44. The summed E-state index contributed by atoms with van der Waals surface area (Å²) in [6.07, 6.45) is 0. The van der Waals surface area contributed by atoms with Gasteiger partial charge in [0.2, 0.25) is 11.8 Å². The Kier molecular flexibility index (Phi) is 7.87. The number of rotatable bonds is 4. The van der Waals surface area contributed by atoms with Crippen LogP contribution in [0.3, 0.4) is 0 Å². The number of carbonyl (C=O) groups is 2. The second-order valence-electron chi connectivity index (χ2n) is 9.13. The highest BCUT2D eigenvalue weighted by Gasteiger charge is 2.22. The number of nitrogens with one attached hydrogen (secondary N) is 2. The smallest absolute Gasteiger partial charge is 0.270 e. The van der Waals surface area contributed by atoms with Gasteiger partial charge in [-0.25, -0.2) is 0 Å². The van der Waals surface area contributed by atoms with Crippen LogP contribution in [0.1, 0.15) is 22.3 Å². The number of carbonyl (C=O) groups excluding carboxylic acids is 2. The van der Waals surface area contributed by atoms with Gasteiger partial charge >= 0.3 is 0 Å². The molecule has 0 aliphatic carbocycles. The molecule has 2 aliphatic heterocycles. The molecule has 2 heterocycles. The number of nitro benzene ring substituents is 2. The third-order valence-corrected chi connectivity index (χ3v) is 6.34. The van der Waals surface area contributed by atoms with E-state index in [0.29, 0.717) is 33.9 Å². The average Bonchev–Trinajstić information content (AvgIpc) is 3.27. The van der Waals surface area contributed by atoms with Crippen molar-refractivity contribution in [3.05, 3.63) is 140 Å². The molecule has 0 fully saturated rings. The van der Waals surface area contributed by atoms with E-state index in [2.05, 4.69) is 20.6 Å². The lowest BCUT2D eigenvalue weighted by atomic mass is 10.00. The lowest BCUT2D eigenvalue weighted by Crippen LogP contribution is -2.13. The van der Waals surface area contributed by atoms with Gasteiger partial charge in [0.1, 0.15) is 13.1 Å². The van der Waals surface area contributed by atoms with Crippen LogP contribution in [0.15, 0.2) is 107 Å². The quantitative estimate of drug-likeness (QED) is 0.268. The molecule has 4 aromatic carbocycles. The van der Waals surface area contributed by atoms with Crippen LogP contribution in [0.4, 0.5) is 22.7 Å². The summed E-state index contributed by atoms with van der Waals surface area (Å²) in [4.78, 5) is 53.0. The predicted molar refractivity (Wildman–Crippen MR) is 157 cm³/mol. The van der Waals surface area contributed by atoms with Gasteiger partial charge in [-0.2, -0.15) is 0 Å². The van der Waals surface area contributed by atoms with Crippen molar-refractivity contribution in [3.63, 3.8) is 0 Å². The maximum Gasteiger partial charge on any atom is 0.270 e. The van der Waals surface area contributed by atoms with Crippen molar-refractivity contribution in [1.29, 1.82) is 0 Å². The molecular formula is C30H22N6O6. The Bertz CT molecular complexity index is 1640. The highest BCUT2D eigenvalue weighted by Crippen LogP contribution is 2.28. The van der Waals surface area contributed by atoms with Gasteiger partial charge in [0, 0.05) is 46.5 Å². The molecule has 6 rings (SSSR count).